The fourth-order valence-electron chi connectivity index (χ4n) is 1.90. The molecule has 0 aliphatic carbocycles. The minimum Gasteiger partial charge on any atom is -0.448 e. The number of ether oxygens (including phenoxy) is 1. The lowest BCUT2D eigenvalue weighted by Gasteiger charge is -2.08. The van der Waals surface area contributed by atoms with Crippen LogP contribution < -0.4 is 5.32 Å². The van der Waals surface area contributed by atoms with Crippen molar-refractivity contribution in [2.24, 2.45) is 0 Å². The van der Waals surface area contributed by atoms with Gasteiger partial charge < -0.3 is 4.74 Å². The van der Waals surface area contributed by atoms with Gasteiger partial charge in [0, 0.05) is 19.2 Å². The molecule has 0 aromatic heterocycles. The number of carbonyl (C=O) groups is 1. The average molecular weight is 372 g/mol. The molecule has 4 heteroatoms. The molecular formula is C22H29NO2S. The van der Waals surface area contributed by atoms with E-state index in [1.165, 1.54) is 12.0 Å². The van der Waals surface area contributed by atoms with Gasteiger partial charge in [-0.05, 0) is 24.0 Å². The van der Waals surface area contributed by atoms with Gasteiger partial charge in [0.1, 0.15) is 6.61 Å². The number of carbonyl (C=O) groups excluding carboxylic acids is 1. The van der Waals surface area contributed by atoms with Crippen molar-refractivity contribution in [1.29, 1.82) is 0 Å². The molecule has 0 saturated carbocycles. The van der Waals surface area contributed by atoms with Crippen molar-refractivity contribution in [3.8, 4) is 11.8 Å². The number of amides is 1. The zero-order valence-corrected chi connectivity index (χ0v) is 16.6. The first-order valence-electron chi connectivity index (χ1n) is 8.75. The predicted octanol–water partition coefficient (Wildman–Crippen LogP) is 5.85. The van der Waals surface area contributed by atoms with Gasteiger partial charge in [-0.1, -0.05) is 74.6 Å². The molecule has 0 bridgehead atoms. The second-order valence-corrected chi connectivity index (χ2v) is 6.46. The Kier molecular flexibility index (Phi) is 11.5. The fourth-order valence-corrected chi connectivity index (χ4v) is 2.15. The highest BCUT2D eigenvalue weighted by atomic mass is 32.2. The third kappa shape index (κ3) is 9.19. The number of hydrogen-bond acceptors (Lipinski definition) is 3. The van der Waals surface area contributed by atoms with Crippen molar-refractivity contribution >= 4 is 23.5 Å². The van der Waals surface area contributed by atoms with E-state index in [2.05, 4.69) is 31.0 Å². The van der Waals surface area contributed by atoms with E-state index in [1.807, 2.05) is 60.9 Å². The lowest BCUT2D eigenvalue weighted by molar-refractivity contribution is 0.169. The highest BCUT2D eigenvalue weighted by Crippen LogP contribution is 2.14. The van der Waals surface area contributed by atoms with Crippen LogP contribution in [0.2, 0.25) is 0 Å². The number of benzene rings is 2. The van der Waals surface area contributed by atoms with Gasteiger partial charge in [0.2, 0.25) is 0 Å². The third-order valence-electron chi connectivity index (χ3n) is 3.04. The Balaban J connectivity index is 0.00000158. The van der Waals surface area contributed by atoms with Crippen molar-refractivity contribution in [2.45, 2.75) is 26.7 Å². The molecule has 0 fully saturated rings. The smallest absolute Gasteiger partial charge is 0.411 e. The minimum absolute atomic E-state index is 0. The van der Waals surface area contributed by atoms with Crippen molar-refractivity contribution in [3.05, 3.63) is 65.7 Å². The van der Waals surface area contributed by atoms with Gasteiger partial charge in [0.15, 0.2) is 0 Å². The highest BCUT2D eigenvalue weighted by molar-refractivity contribution is 7.98. The van der Waals surface area contributed by atoms with Crippen molar-refractivity contribution in [1.82, 2.24) is 0 Å². The largest absolute Gasteiger partial charge is 0.448 e. The fraction of sp³-hybridized carbons (Fsp3) is 0.318. The molecule has 0 heterocycles. The van der Waals surface area contributed by atoms with E-state index in [0.29, 0.717) is 18.7 Å². The number of anilines is 1. The molecule has 2 rings (SSSR count). The maximum Gasteiger partial charge on any atom is 0.411 e. The SMILES string of the molecule is CCC.CSCCOC(=O)Nc1ccccc1C#CCc1ccccc1.[HH]. The van der Waals surface area contributed by atoms with E-state index in [4.69, 9.17) is 4.74 Å². The molecule has 0 spiro atoms. The first kappa shape index (κ1) is 21.7. The number of rotatable bonds is 5. The standard InChI is InChI=1S/C19H19NO2S.C3H8.H2/c1-23-15-14-22-19(21)20-18-13-6-5-11-17(18)12-7-10-16-8-3-2-4-9-16;1-3-2;/h2-6,8-9,11,13H,10,14-15H2,1H3,(H,20,21);3H2,1-2H3;1H. The monoisotopic (exact) mass is 371 g/mol. The number of thioether (sulfide) groups is 1. The maximum absolute atomic E-state index is 11.7. The van der Waals surface area contributed by atoms with Gasteiger partial charge in [0.05, 0.1) is 5.69 Å². The van der Waals surface area contributed by atoms with E-state index < -0.39 is 6.09 Å². The van der Waals surface area contributed by atoms with Gasteiger partial charge in [-0.2, -0.15) is 11.8 Å². The van der Waals surface area contributed by atoms with Crippen molar-refractivity contribution in [2.75, 3.05) is 23.9 Å². The second kappa shape index (κ2) is 13.9. The van der Waals surface area contributed by atoms with Crippen LogP contribution in [0.5, 0.6) is 0 Å². The molecule has 0 radical (unpaired) electrons. The molecule has 2 aromatic carbocycles. The minimum atomic E-state index is -0.448. The normalized spacial score (nSPS) is 9.19. The molecule has 0 aliphatic heterocycles. The van der Waals surface area contributed by atoms with Crippen LogP contribution in [0.1, 0.15) is 32.8 Å². The Hall–Kier alpha value is -2.38. The Bertz CT molecular complexity index is 711. The van der Waals surface area contributed by atoms with Gasteiger partial charge in [-0.25, -0.2) is 4.79 Å². The third-order valence-corrected chi connectivity index (χ3v) is 3.62. The van der Waals surface area contributed by atoms with E-state index in [-0.39, 0.29) is 1.43 Å². The van der Waals surface area contributed by atoms with Gasteiger partial charge in [0.25, 0.3) is 0 Å². The Labute approximate surface area is 163 Å². The van der Waals surface area contributed by atoms with E-state index in [9.17, 15) is 4.79 Å². The molecule has 26 heavy (non-hydrogen) atoms. The molecule has 140 valence electrons. The topological polar surface area (TPSA) is 38.3 Å². The van der Waals surface area contributed by atoms with Crippen LogP contribution in [0.15, 0.2) is 54.6 Å². The van der Waals surface area contributed by atoms with E-state index in [0.717, 1.165) is 11.3 Å². The lowest BCUT2D eigenvalue weighted by atomic mass is 10.1. The van der Waals surface area contributed by atoms with E-state index in [1.54, 1.807) is 11.8 Å². The van der Waals surface area contributed by atoms with Crippen LogP contribution >= 0.6 is 11.8 Å². The summed E-state index contributed by atoms with van der Waals surface area (Å²) in [5.41, 5.74) is 2.62. The van der Waals surface area contributed by atoms with Crippen molar-refractivity contribution in [3.63, 3.8) is 0 Å². The summed E-state index contributed by atoms with van der Waals surface area (Å²) in [6.45, 7) is 4.65. The van der Waals surface area contributed by atoms with Crippen LogP contribution in [-0.2, 0) is 11.2 Å². The average Bonchev–Trinajstić information content (AvgIpc) is 2.65. The van der Waals surface area contributed by atoms with E-state index >= 15 is 0 Å². The molecule has 3 nitrogen and oxygen atoms in total. The summed E-state index contributed by atoms with van der Waals surface area (Å²) in [5, 5.41) is 2.75. The Morgan fingerprint density at radius 1 is 1.12 bits per heavy atom. The lowest BCUT2D eigenvalue weighted by Crippen LogP contribution is -2.15. The van der Waals surface area contributed by atoms with Crippen LogP contribution in [0, 0.1) is 11.8 Å². The predicted molar refractivity (Wildman–Crippen MR) is 115 cm³/mol. The summed E-state index contributed by atoms with van der Waals surface area (Å²) >= 11 is 1.63. The van der Waals surface area contributed by atoms with Crippen molar-refractivity contribution < 1.29 is 11.0 Å². The molecule has 0 atom stereocenters. The summed E-state index contributed by atoms with van der Waals surface area (Å²) in [6, 6.07) is 17.5. The summed E-state index contributed by atoms with van der Waals surface area (Å²) in [7, 11) is 0. The molecular weight excluding hydrogens is 342 g/mol. The van der Waals surface area contributed by atoms with Gasteiger partial charge in [-0.15, -0.1) is 0 Å². The molecule has 2 aromatic rings. The quantitative estimate of drug-likeness (QED) is 0.529. The summed E-state index contributed by atoms with van der Waals surface area (Å²) in [5.74, 6) is 7.03. The molecule has 0 aliphatic rings. The van der Waals surface area contributed by atoms with Crippen LogP contribution in [0.3, 0.4) is 0 Å². The maximum atomic E-state index is 11.7. The zero-order chi connectivity index (χ0) is 19.0. The zero-order valence-electron chi connectivity index (χ0n) is 15.7. The van der Waals surface area contributed by atoms with Crippen LogP contribution in [0.25, 0.3) is 0 Å². The highest BCUT2D eigenvalue weighted by Gasteiger charge is 2.05. The first-order valence-corrected chi connectivity index (χ1v) is 10.1. The second-order valence-electron chi connectivity index (χ2n) is 5.47. The molecule has 0 unspecified atom stereocenters. The molecule has 1 N–H and O–H groups in total. The number of para-hydroxylation sites is 1. The van der Waals surface area contributed by atoms with Crippen LogP contribution in [0.4, 0.5) is 10.5 Å². The summed E-state index contributed by atoms with van der Waals surface area (Å²) in [4.78, 5) is 11.7. The first-order chi connectivity index (χ1) is 12.7. The Morgan fingerprint density at radius 3 is 2.46 bits per heavy atom. The molecule has 1 amide bonds. The van der Waals surface area contributed by atoms with Gasteiger partial charge >= 0.3 is 6.09 Å². The number of nitrogens with one attached hydrogen (secondary N) is 1. The number of hydrogen-bond donors (Lipinski definition) is 1. The van der Waals surface area contributed by atoms with Crippen LogP contribution in [-0.4, -0.2) is 24.7 Å². The van der Waals surface area contributed by atoms with Gasteiger partial charge in [-0.3, -0.25) is 5.32 Å². The summed E-state index contributed by atoms with van der Waals surface area (Å²) < 4.78 is 5.10. The summed E-state index contributed by atoms with van der Waals surface area (Å²) in [6.07, 6.45) is 3.45. The molecule has 0 saturated heterocycles. The Morgan fingerprint density at radius 2 is 1.77 bits per heavy atom.